The van der Waals surface area contributed by atoms with Crippen LogP contribution in [0.5, 0.6) is 0 Å². The number of hydrogen-bond donors (Lipinski definition) is 0. The van der Waals surface area contributed by atoms with Crippen molar-refractivity contribution in [2.24, 2.45) is 5.16 Å². The van der Waals surface area contributed by atoms with Crippen LogP contribution in [-0.2, 0) is 21.5 Å². The number of hydrogen-bond acceptors (Lipinski definition) is 4. The Morgan fingerprint density at radius 2 is 1.67 bits per heavy atom. The molecule has 0 amide bonds. The molecule has 0 aliphatic carbocycles. The first kappa shape index (κ1) is 21.7. The molecule has 0 saturated carbocycles. The molecular weight excluding hydrogens is 407 g/mol. The van der Waals surface area contributed by atoms with Gasteiger partial charge in [0.25, 0.3) is 0 Å². The molecular formula is C19H22Cl2N2O3S. The first-order valence-corrected chi connectivity index (χ1v) is 10.7. The molecule has 0 aliphatic heterocycles. The normalized spacial score (nSPS) is 12.4. The summed E-state index contributed by atoms with van der Waals surface area (Å²) >= 11 is 11.9. The first-order chi connectivity index (χ1) is 12.8. The molecule has 0 saturated heterocycles. The topological polar surface area (TPSA) is 59.0 Å². The monoisotopic (exact) mass is 428 g/mol. The number of sulfonamides is 1. The fourth-order valence-corrected chi connectivity index (χ4v) is 4.25. The summed E-state index contributed by atoms with van der Waals surface area (Å²) in [7, 11) is -3.47. The van der Waals surface area contributed by atoms with Gasteiger partial charge >= 0.3 is 0 Å². The van der Waals surface area contributed by atoms with Crippen LogP contribution in [0.4, 0.5) is 0 Å². The quantitative estimate of drug-likeness (QED) is 0.440. The van der Waals surface area contributed by atoms with E-state index in [9.17, 15) is 8.42 Å². The highest BCUT2D eigenvalue weighted by molar-refractivity contribution is 7.89. The summed E-state index contributed by atoms with van der Waals surface area (Å²) < 4.78 is 26.4. The number of nitrogens with zero attached hydrogens (tertiary/aromatic N) is 2. The molecule has 0 atom stereocenters. The summed E-state index contributed by atoms with van der Waals surface area (Å²) in [6, 6.07) is 11.8. The van der Waals surface area contributed by atoms with E-state index in [1.54, 1.807) is 43.3 Å². The molecule has 0 radical (unpaired) electrons. The second-order valence-electron chi connectivity index (χ2n) is 5.81. The molecule has 0 spiro atoms. The van der Waals surface area contributed by atoms with Crippen LogP contribution in [0.3, 0.4) is 0 Å². The summed E-state index contributed by atoms with van der Waals surface area (Å²) in [5, 5.41) is 5.03. The molecule has 8 heteroatoms. The van der Waals surface area contributed by atoms with E-state index >= 15 is 0 Å². The number of rotatable bonds is 8. The van der Waals surface area contributed by atoms with Gasteiger partial charge in [0.05, 0.1) is 20.7 Å². The fraction of sp³-hybridized carbons (Fsp3) is 0.316. The Labute approximate surface area is 170 Å². The summed E-state index contributed by atoms with van der Waals surface area (Å²) in [5.41, 5.74) is 2.27. The molecule has 5 nitrogen and oxygen atoms in total. The van der Waals surface area contributed by atoms with Crippen LogP contribution in [0.25, 0.3) is 0 Å². The van der Waals surface area contributed by atoms with Crippen LogP contribution in [-0.4, -0.2) is 31.5 Å². The minimum absolute atomic E-state index is 0.253. The van der Waals surface area contributed by atoms with Crippen molar-refractivity contribution in [2.75, 3.05) is 13.1 Å². The standard InChI is InChI=1S/C19H22Cl2N2O3S/c1-4-23(5-2)27(24,25)17-9-7-16(8-10-17)14(3)22-26-13-15-6-11-18(20)19(21)12-15/h6-12H,4-5,13H2,1-3H3/b22-14+. The van der Waals surface area contributed by atoms with Gasteiger partial charge in [-0.3, -0.25) is 0 Å². The lowest BCUT2D eigenvalue weighted by molar-refractivity contribution is 0.130. The van der Waals surface area contributed by atoms with E-state index in [4.69, 9.17) is 28.0 Å². The van der Waals surface area contributed by atoms with Crippen molar-refractivity contribution in [3.63, 3.8) is 0 Å². The average Bonchev–Trinajstić information content (AvgIpc) is 2.65. The van der Waals surface area contributed by atoms with Gasteiger partial charge in [0.1, 0.15) is 6.61 Å². The van der Waals surface area contributed by atoms with Crippen molar-refractivity contribution in [1.29, 1.82) is 0 Å². The van der Waals surface area contributed by atoms with Crippen molar-refractivity contribution < 1.29 is 13.3 Å². The summed E-state index contributed by atoms with van der Waals surface area (Å²) in [6.07, 6.45) is 0. The van der Waals surface area contributed by atoms with Crippen molar-refractivity contribution in [3.05, 3.63) is 63.6 Å². The molecule has 0 aliphatic rings. The van der Waals surface area contributed by atoms with Gasteiger partial charge in [-0.2, -0.15) is 4.31 Å². The van der Waals surface area contributed by atoms with Gasteiger partial charge in [0, 0.05) is 13.1 Å². The zero-order valence-corrected chi connectivity index (χ0v) is 17.8. The molecule has 27 heavy (non-hydrogen) atoms. The number of oxime groups is 1. The van der Waals surface area contributed by atoms with Crippen LogP contribution in [0.2, 0.25) is 10.0 Å². The third-order valence-corrected chi connectivity index (χ3v) is 6.84. The predicted octanol–water partition coefficient (Wildman–Crippen LogP) is 4.96. The van der Waals surface area contributed by atoms with E-state index in [1.807, 2.05) is 19.9 Å². The van der Waals surface area contributed by atoms with Gasteiger partial charge in [0.2, 0.25) is 10.0 Å². The molecule has 0 aromatic heterocycles. The molecule has 0 heterocycles. The van der Waals surface area contributed by atoms with Crippen LogP contribution in [0, 0.1) is 0 Å². The van der Waals surface area contributed by atoms with Crippen molar-refractivity contribution in [2.45, 2.75) is 32.3 Å². The lowest BCUT2D eigenvalue weighted by atomic mass is 10.1. The smallest absolute Gasteiger partial charge is 0.243 e. The zero-order valence-electron chi connectivity index (χ0n) is 15.4. The fourth-order valence-electron chi connectivity index (χ4n) is 2.47. The van der Waals surface area contributed by atoms with Crippen molar-refractivity contribution >= 4 is 38.9 Å². The third kappa shape index (κ3) is 5.45. The molecule has 0 bridgehead atoms. The Balaban J connectivity index is 2.07. The number of benzene rings is 2. The second-order valence-corrected chi connectivity index (χ2v) is 8.56. The molecule has 0 unspecified atom stereocenters. The molecule has 146 valence electrons. The van der Waals surface area contributed by atoms with Gasteiger partial charge in [-0.15, -0.1) is 0 Å². The van der Waals surface area contributed by atoms with Gasteiger partial charge in [-0.25, -0.2) is 8.42 Å². The Morgan fingerprint density at radius 1 is 1.04 bits per heavy atom. The minimum atomic E-state index is -3.47. The largest absolute Gasteiger partial charge is 0.391 e. The maximum atomic E-state index is 12.5. The maximum Gasteiger partial charge on any atom is 0.243 e. The Morgan fingerprint density at radius 3 is 2.22 bits per heavy atom. The highest BCUT2D eigenvalue weighted by Gasteiger charge is 2.21. The van der Waals surface area contributed by atoms with Crippen LogP contribution in [0.15, 0.2) is 52.5 Å². The van der Waals surface area contributed by atoms with E-state index in [2.05, 4.69) is 5.16 Å². The lowest BCUT2D eigenvalue weighted by Gasteiger charge is -2.18. The Kier molecular flexibility index (Phi) is 7.68. The zero-order chi connectivity index (χ0) is 20.0. The Hall–Kier alpha value is -1.60. The summed E-state index contributed by atoms with van der Waals surface area (Å²) in [4.78, 5) is 5.62. The predicted molar refractivity (Wildman–Crippen MR) is 110 cm³/mol. The van der Waals surface area contributed by atoms with E-state index in [-0.39, 0.29) is 11.5 Å². The van der Waals surface area contributed by atoms with E-state index in [0.717, 1.165) is 11.1 Å². The van der Waals surface area contributed by atoms with E-state index in [1.165, 1.54) is 4.31 Å². The molecule has 2 aromatic carbocycles. The van der Waals surface area contributed by atoms with Crippen LogP contribution >= 0.6 is 23.2 Å². The summed E-state index contributed by atoms with van der Waals surface area (Å²) in [6.45, 7) is 6.55. The molecule has 0 fully saturated rings. The van der Waals surface area contributed by atoms with E-state index < -0.39 is 10.0 Å². The minimum Gasteiger partial charge on any atom is -0.391 e. The molecule has 2 rings (SSSR count). The van der Waals surface area contributed by atoms with Crippen LogP contribution < -0.4 is 0 Å². The molecule has 0 N–H and O–H groups in total. The highest BCUT2D eigenvalue weighted by atomic mass is 35.5. The molecule has 2 aromatic rings. The Bertz CT molecular complexity index is 909. The first-order valence-electron chi connectivity index (χ1n) is 8.50. The van der Waals surface area contributed by atoms with E-state index in [0.29, 0.717) is 28.8 Å². The van der Waals surface area contributed by atoms with Gasteiger partial charge < -0.3 is 4.84 Å². The van der Waals surface area contributed by atoms with Gasteiger partial charge in [-0.05, 0) is 42.3 Å². The van der Waals surface area contributed by atoms with Crippen LogP contribution in [0.1, 0.15) is 31.9 Å². The third-order valence-electron chi connectivity index (χ3n) is 4.03. The average molecular weight is 429 g/mol. The van der Waals surface area contributed by atoms with Gasteiger partial charge in [-0.1, -0.05) is 60.4 Å². The van der Waals surface area contributed by atoms with Crippen molar-refractivity contribution in [1.82, 2.24) is 4.31 Å². The summed E-state index contributed by atoms with van der Waals surface area (Å²) in [5.74, 6) is 0. The second kappa shape index (κ2) is 9.55. The lowest BCUT2D eigenvalue weighted by Crippen LogP contribution is -2.30. The van der Waals surface area contributed by atoms with Gasteiger partial charge in [0.15, 0.2) is 0 Å². The van der Waals surface area contributed by atoms with Crippen molar-refractivity contribution in [3.8, 4) is 0 Å². The highest BCUT2D eigenvalue weighted by Crippen LogP contribution is 2.23. The maximum absolute atomic E-state index is 12.5. The number of halogens is 2. The SMILES string of the molecule is CCN(CC)S(=O)(=O)c1ccc(/C(C)=N/OCc2ccc(Cl)c(Cl)c2)cc1.